The van der Waals surface area contributed by atoms with Gasteiger partial charge in [0.2, 0.25) is 5.91 Å². The maximum absolute atomic E-state index is 12.4. The average Bonchev–Trinajstić information content (AvgIpc) is 3.20. The predicted octanol–water partition coefficient (Wildman–Crippen LogP) is 2.21. The van der Waals surface area contributed by atoms with Crippen molar-refractivity contribution in [2.24, 2.45) is 5.92 Å². The van der Waals surface area contributed by atoms with E-state index in [4.69, 9.17) is 14.2 Å². The van der Waals surface area contributed by atoms with E-state index in [9.17, 15) is 4.79 Å². The topological polar surface area (TPSA) is 60.0 Å². The second-order valence-electron chi connectivity index (χ2n) is 7.08. The molecule has 2 aliphatic rings. The first-order valence-electron chi connectivity index (χ1n) is 9.52. The molecule has 6 heteroatoms. The third-order valence-electron chi connectivity index (χ3n) is 5.36. The lowest BCUT2D eigenvalue weighted by molar-refractivity contribution is -0.127. The smallest absolute Gasteiger partial charge is 0.223 e. The van der Waals surface area contributed by atoms with E-state index in [1.165, 1.54) is 0 Å². The number of para-hydroxylation sites is 1. The van der Waals surface area contributed by atoms with Crippen molar-refractivity contribution in [2.75, 3.05) is 40.5 Å². The van der Waals surface area contributed by atoms with Crippen LogP contribution in [0.1, 0.15) is 31.2 Å². The highest BCUT2D eigenvalue weighted by molar-refractivity contribution is 5.78. The summed E-state index contributed by atoms with van der Waals surface area (Å²) in [4.78, 5) is 14.8. The predicted molar refractivity (Wildman–Crippen MR) is 99.5 cm³/mol. The molecule has 0 bridgehead atoms. The van der Waals surface area contributed by atoms with E-state index in [0.29, 0.717) is 6.54 Å². The van der Waals surface area contributed by atoms with Crippen molar-refractivity contribution in [3.63, 3.8) is 0 Å². The largest absolute Gasteiger partial charge is 0.493 e. The first-order valence-corrected chi connectivity index (χ1v) is 9.52. The van der Waals surface area contributed by atoms with Crippen molar-refractivity contribution in [1.82, 2.24) is 10.2 Å². The Balaban J connectivity index is 1.47. The number of amides is 1. The van der Waals surface area contributed by atoms with Crippen LogP contribution in [0.4, 0.5) is 0 Å². The van der Waals surface area contributed by atoms with Crippen LogP contribution in [0.25, 0.3) is 0 Å². The minimum absolute atomic E-state index is 0.111. The van der Waals surface area contributed by atoms with Crippen LogP contribution in [0.15, 0.2) is 18.2 Å². The number of nitrogens with zero attached hydrogens (tertiary/aromatic N) is 1. The molecule has 2 aliphatic heterocycles. The maximum atomic E-state index is 12.4. The molecule has 1 aromatic carbocycles. The number of ether oxygens (including phenoxy) is 3. The zero-order valence-corrected chi connectivity index (χ0v) is 15.8. The van der Waals surface area contributed by atoms with Gasteiger partial charge in [0.1, 0.15) is 0 Å². The van der Waals surface area contributed by atoms with Gasteiger partial charge in [0.25, 0.3) is 0 Å². The Hall–Kier alpha value is -1.79. The molecular weight excluding hydrogens is 332 g/mol. The molecule has 3 rings (SSSR count). The highest BCUT2D eigenvalue weighted by atomic mass is 16.5. The molecule has 2 fully saturated rings. The second-order valence-corrected chi connectivity index (χ2v) is 7.08. The van der Waals surface area contributed by atoms with Crippen LogP contribution in [-0.4, -0.2) is 57.4 Å². The van der Waals surface area contributed by atoms with E-state index in [1.807, 2.05) is 12.1 Å². The highest BCUT2D eigenvalue weighted by Gasteiger charge is 2.26. The summed E-state index contributed by atoms with van der Waals surface area (Å²) in [7, 11) is 3.33. The monoisotopic (exact) mass is 362 g/mol. The van der Waals surface area contributed by atoms with Crippen molar-refractivity contribution in [1.29, 1.82) is 0 Å². The lowest BCUT2D eigenvalue weighted by Crippen LogP contribution is -2.42. The van der Waals surface area contributed by atoms with E-state index in [-0.39, 0.29) is 17.9 Å². The SMILES string of the molecule is COc1cccc(CN2CCC(C(=O)NCC3CCCO3)CC2)c1OC. The lowest BCUT2D eigenvalue weighted by Gasteiger charge is -2.31. The standard InChI is InChI=1S/C20H30N2O4/c1-24-18-7-3-5-16(19(18)25-2)14-22-10-8-15(9-11-22)20(23)21-13-17-6-4-12-26-17/h3,5,7,15,17H,4,6,8-14H2,1-2H3,(H,21,23). The molecule has 2 heterocycles. The van der Waals surface area contributed by atoms with Gasteiger partial charge in [0, 0.05) is 31.2 Å². The summed E-state index contributed by atoms with van der Waals surface area (Å²) < 4.78 is 16.5. The third-order valence-corrected chi connectivity index (χ3v) is 5.36. The van der Waals surface area contributed by atoms with Gasteiger partial charge < -0.3 is 19.5 Å². The average molecular weight is 362 g/mol. The van der Waals surface area contributed by atoms with Gasteiger partial charge in [-0.3, -0.25) is 9.69 Å². The van der Waals surface area contributed by atoms with Crippen molar-refractivity contribution in [2.45, 2.75) is 38.3 Å². The summed E-state index contributed by atoms with van der Waals surface area (Å²) in [5.41, 5.74) is 1.12. The van der Waals surface area contributed by atoms with Gasteiger partial charge in [-0.15, -0.1) is 0 Å². The molecule has 1 amide bonds. The summed E-state index contributed by atoms with van der Waals surface area (Å²) >= 11 is 0. The fourth-order valence-corrected chi connectivity index (χ4v) is 3.84. The Bertz CT molecular complexity index is 593. The van der Waals surface area contributed by atoms with Gasteiger partial charge in [-0.05, 0) is 44.8 Å². The van der Waals surface area contributed by atoms with Gasteiger partial charge >= 0.3 is 0 Å². The molecule has 0 aromatic heterocycles. The normalized spacial score (nSPS) is 21.5. The number of carbonyl (C=O) groups excluding carboxylic acids is 1. The van der Waals surface area contributed by atoms with Crippen LogP contribution in [-0.2, 0) is 16.1 Å². The van der Waals surface area contributed by atoms with Gasteiger partial charge in [-0.1, -0.05) is 12.1 Å². The third kappa shape index (κ3) is 4.68. The lowest BCUT2D eigenvalue weighted by atomic mass is 9.95. The summed E-state index contributed by atoms with van der Waals surface area (Å²) in [6.45, 7) is 4.12. The maximum Gasteiger partial charge on any atom is 0.223 e. The van der Waals surface area contributed by atoms with Crippen molar-refractivity contribution >= 4 is 5.91 Å². The number of methoxy groups -OCH3 is 2. The molecular formula is C20H30N2O4. The number of hydrogen-bond donors (Lipinski definition) is 1. The molecule has 144 valence electrons. The van der Waals surface area contributed by atoms with Crippen LogP contribution in [0.5, 0.6) is 11.5 Å². The number of hydrogen-bond acceptors (Lipinski definition) is 5. The summed E-state index contributed by atoms with van der Waals surface area (Å²) in [6, 6.07) is 5.97. The highest BCUT2D eigenvalue weighted by Crippen LogP contribution is 2.32. The van der Waals surface area contributed by atoms with Crippen molar-refractivity contribution < 1.29 is 19.0 Å². The Morgan fingerprint density at radius 2 is 2.04 bits per heavy atom. The molecule has 2 saturated heterocycles. The van der Waals surface area contributed by atoms with Gasteiger partial charge in [0.15, 0.2) is 11.5 Å². The van der Waals surface area contributed by atoms with Gasteiger partial charge in [-0.2, -0.15) is 0 Å². The van der Waals surface area contributed by atoms with E-state index in [2.05, 4.69) is 16.3 Å². The van der Waals surface area contributed by atoms with Gasteiger partial charge in [0.05, 0.1) is 20.3 Å². The van der Waals surface area contributed by atoms with E-state index in [0.717, 1.165) is 69.0 Å². The number of likely N-dealkylation sites (tertiary alicyclic amines) is 1. The summed E-state index contributed by atoms with van der Waals surface area (Å²) in [5.74, 6) is 1.85. The Morgan fingerprint density at radius 1 is 1.23 bits per heavy atom. The minimum atomic E-state index is 0.111. The summed E-state index contributed by atoms with van der Waals surface area (Å²) in [5, 5.41) is 3.07. The Morgan fingerprint density at radius 3 is 2.69 bits per heavy atom. The van der Waals surface area contributed by atoms with Crippen LogP contribution >= 0.6 is 0 Å². The molecule has 1 atom stereocenters. The van der Waals surface area contributed by atoms with Crippen molar-refractivity contribution in [3.05, 3.63) is 23.8 Å². The first kappa shape index (κ1) is 19.0. The van der Waals surface area contributed by atoms with Crippen molar-refractivity contribution in [3.8, 4) is 11.5 Å². The Kier molecular flexibility index (Phi) is 6.74. The quantitative estimate of drug-likeness (QED) is 0.806. The number of rotatable bonds is 7. The van der Waals surface area contributed by atoms with Crippen LogP contribution in [0.2, 0.25) is 0 Å². The van der Waals surface area contributed by atoms with E-state index >= 15 is 0 Å². The second kappa shape index (κ2) is 9.24. The molecule has 0 aliphatic carbocycles. The number of benzene rings is 1. The number of nitrogens with one attached hydrogen (secondary N) is 1. The molecule has 0 radical (unpaired) electrons. The minimum Gasteiger partial charge on any atom is -0.493 e. The zero-order chi connectivity index (χ0) is 18.4. The van der Waals surface area contributed by atoms with Gasteiger partial charge in [-0.25, -0.2) is 0 Å². The zero-order valence-electron chi connectivity index (χ0n) is 15.8. The van der Waals surface area contributed by atoms with E-state index < -0.39 is 0 Å². The molecule has 0 spiro atoms. The Labute approximate surface area is 155 Å². The summed E-state index contributed by atoms with van der Waals surface area (Å²) in [6.07, 6.45) is 4.15. The molecule has 0 saturated carbocycles. The molecule has 6 nitrogen and oxygen atoms in total. The molecule has 1 unspecified atom stereocenters. The van der Waals surface area contributed by atoms with Crippen LogP contribution in [0.3, 0.4) is 0 Å². The fourth-order valence-electron chi connectivity index (χ4n) is 3.84. The van der Waals surface area contributed by atoms with Crippen LogP contribution in [0, 0.1) is 5.92 Å². The first-order chi connectivity index (χ1) is 12.7. The van der Waals surface area contributed by atoms with Crippen LogP contribution < -0.4 is 14.8 Å². The molecule has 1 aromatic rings. The molecule has 26 heavy (non-hydrogen) atoms. The molecule has 1 N–H and O–H groups in total. The van der Waals surface area contributed by atoms with E-state index in [1.54, 1.807) is 14.2 Å². The number of carbonyl (C=O) groups is 1. The fraction of sp³-hybridized carbons (Fsp3) is 0.650. The number of piperidine rings is 1.